The largest absolute Gasteiger partial charge is 0.512 e. The quantitative estimate of drug-likeness (QED) is 0.602. The Morgan fingerprint density at radius 2 is 1.95 bits per heavy atom. The molecule has 0 saturated heterocycles. The number of aliphatic hydroxyl groups excluding tert-OH is 2. The normalized spacial score (nSPS) is 56.8. The fourth-order valence-corrected chi connectivity index (χ4v) is 6.27. The second kappa shape index (κ2) is 4.61. The SMILES string of the molecule is C[C@]12CC[C@H]3[C@@H](C(O)=CC4C[C@@H](N)C=C[C@@]43C)[C@@H]1CC[C@@H]2O. The van der Waals surface area contributed by atoms with Gasteiger partial charge in [0.15, 0.2) is 0 Å². The fraction of sp³-hybridized carbons (Fsp3) is 0.789. The zero-order valence-corrected chi connectivity index (χ0v) is 13.7. The highest BCUT2D eigenvalue weighted by Crippen LogP contribution is 2.64. The van der Waals surface area contributed by atoms with Gasteiger partial charge in [-0.1, -0.05) is 26.0 Å². The molecule has 0 spiro atoms. The van der Waals surface area contributed by atoms with E-state index < -0.39 is 0 Å². The number of nitrogens with two attached hydrogens (primary N) is 1. The summed E-state index contributed by atoms with van der Waals surface area (Å²) in [5, 5.41) is 21.3. The van der Waals surface area contributed by atoms with Crippen LogP contribution in [0, 0.1) is 34.5 Å². The van der Waals surface area contributed by atoms with E-state index in [0.717, 1.165) is 32.1 Å². The van der Waals surface area contributed by atoms with Gasteiger partial charge in [-0.3, -0.25) is 0 Å². The highest BCUT2D eigenvalue weighted by molar-refractivity contribution is 5.26. The summed E-state index contributed by atoms with van der Waals surface area (Å²) in [6, 6.07) is 0.112. The molecule has 2 saturated carbocycles. The van der Waals surface area contributed by atoms with Crippen LogP contribution < -0.4 is 5.73 Å². The fourth-order valence-electron chi connectivity index (χ4n) is 6.27. The van der Waals surface area contributed by atoms with Crippen molar-refractivity contribution >= 4 is 0 Å². The summed E-state index contributed by atoms with van der Waals surface area (Å²) in [6.45, 7) is 4.59. The maximum Gasteiger partial charge on any atom is 0.0922 e. The molecule has 3 nitrogen and oxygen atoms in total. The molecule has 4 aliphatic rings. The first-order chi connectivity index (χ1) is 10.4. The van der Waals surface area contributed by atoms with E-state index in [-0.39, 0.29) is 28.9 Å². The Hall–Kier alpha value is -0.800. The first-order valence-electron chi connectivity index (χ1n) is 8.90. The van der Waals surface area contributed by atoms with Gasteiger partial charge >= 0.3 is 0 Å². The standard InChI is InChI=1S/C19H29NO2/c1-18-7-5-12(20)9-11(18)10-15(21)17-13-3-4-16(22)19(13,2)8-6-14(17)18/h5,7,10-14,16-17,21-22H,3-4,6,8-9,20H2,1-2H3/t11?,12-,13-,14-,16-,17-,18-,19-/m0/s1. The van der Waals surface area contributed by atoms with Gasteiger partial charge in [-0.2, -0.15) is 0 Å². The van der Waals surface area contributed by atoms with E-state index in [9.17, 15) is 10.2 Å². The van der Waals surface area contributed by atoms with Crippen molar-refractivity contribution in [2.45, 2.75) is 58.1 Å². The summed E-state index contributed by atoms with van der Waals surface area (Å²) >= 11 is 0. The molecule has 3 heteroatoms. The number of rotatable bonds is 0. The lowest BCUT2D eigenvalue weighted by atomic mass is 9.48. The predicted molar refractivity (Wildman–Crippen MR) is 87.1 cm³/mol. The van der Waals surface area contributed by atoms with Crippen LogP contribution in [-0.2, 0) is 0 Å². The zero-order valence-electron chi connectivity index (χ0n) is 13.7. The molecule has 4 N–H and O–H groups in total. The number of fused-ring (bicyclic) bond motifs is 5. The Labute approximate surface area is 133 Å². The lowest BCUT2D eigenvalue weighted by Crippen LogP contribution is -2.53. The lowest BCUT2D eigenvalue weighted by molar-refractivity contribution is -0.0722. The van der Waals surface area contributed by atoms with E-state index in [2.05, 4.69) is 32.1 Å². The molecular weight excluding hydrogens is 274 g/mol. The van der Waals surface area contributed by atoms with E-state index in [1.807, 2.05) is 0 Å². The molecule has 8 atom stereocenters. The van der Waals surface area contributed by atoms with Crippen LogP contribution in [0.4, 0.5) is 0 Å². The van der Waals surface area contributed by atoms with E-state index in [1.165, 1.54) is 0 Å². The van der Waals surface area contributed by atoms with Crippen LogP contribution in [-0.4, -0.2) is 22.4 Å². The first kappa shape index (κ1) is 14.8. The van der Waals surface area contributed by atoms with Crippen molar-refractivity contribution in [1.82, 2.24) is 0 Å². The molecule has 22 heavy (non-hydrogen) atoms. The molecule has 0 radical (unpaired) electrons. The Kier molecular flexibility index (Phi) is 3.09. The molecule has 0 aromatic rings. The third kappa shape index (κ3) is 1.75. The zero-order chi connectivity index (χ0) is 15.7. The minimum atomic E-state index is -0.202. The van der Waals surface area contributed by atoms with E-state index >= 15 is 0 Å². The van der Waals surface area contributed by atoms with Crippen LogP contribution in [0.1, 0.15) is 46.0 Å². The molecule has 1 unspecified atom stereocenters. The third-order valence-electron chi connectivity index (χ3n) is 7.76. The molecule has 4 rings (SSSR count). The van der Waals surface area contributed by atoms with Gasteiger partial charge in [-0.15, -0.1) is 0 Å². The topological polar surface area (TPSA) is 66.5 Å². The van der Waals surface area contributed by atoms with Gasteiger partial charge in [0.1, 0.15) is 0 Å². The van der Waals surface area contributed by atoms with Gasteiger partial charge in [0.2, 0.25) is 0 Å². The minimum absolute atomic E-state index is 0.0129. The van der Waals surface area contributed by atoms with Gasteiger partial charge in [-0.05, 0) is 66.8 Å². The van der Waals surface area contributed by atoms with Crippen molar-refractivity contribution in [2.24, 2.45) is 40.2 Å². The molecule has 2 fully saturated rings. The van der Waals surface area contributed by atoms with Crippen LogP contribution in [0.3, 0.4) is 0 Å². The maximum atomic E-state index is 10.8. The molecule has 0 heterocycles. The number of hydrogen-bond donors (Lipinski definition) is 3. The second-order valence-electron chi connectivity index (χ2n) is 8.70. The highest BCUT2D eigenvalue weighted by Gasteiger charge is 2.60. The van der Waals surface area contributed by atoms with Crippen molar-refractivity contribution in [2.75, 3.05) is 0 Å². The Bertz CT molecular complexity index is 542. The van der Waals surface area contributed by atoms with Crippen molar-refractivity contribution in [3.05, 3.63) is 24.0 Å². The van der Waals surface area contributed by atoms with Gasteiger partial charge in [0.25, 0.3) is 0 Å². The molecule has 4 aliphatic carbocycles. The third-order valence-corrected chi connectivity index (χ3v) is 7.76. The number of aliphatic hydroxyl groups is 2. The van der Waals surface area contributed by atoms with Crippen LogP contribution in [0.5, 0.6) is 0 Å². The summed E-state index contributed by atoms with van der Waals surface area (Å²) < 4.78 is 0. The van der Waals surface area contributed by atoms with Gasteiger partial charge in [-0.25, -0.2) is 0 Å². The number of allylic oxidation sites excluding steroid dienone is 3. The van der Waals surface area contributed by atoms with Gasteiger partial charge < -0.3 is 15.9 Å². The number of hydrogen-bond acceptors (Lipinski definition) is 3. The summed E-state index contributed by atoms with van der Waals surface area (Å²) in [6.07, 6.45) is 11.4. The van der Waals surface area contributed by atoms with Crippen molar-refractivity contribution < 1.29 is 10.2 Å². The first-order valence-corrected chi connectivity index (χ1v) is 8.90. The lowest BCUT2D eigenvalue weighted by Gasteiger charge is -2.57. The average molecular weight is 303 g/mol. The summed E-state index contributed by atoms with van der Waals surface area (Å²) in [5.74, 6) is 2.05. The van der Waals surface area contributed by atoms with Crippen LogP contribution in [0.25, 0.3) is 0 Å². The van der Waals surface area contributed by atoms with E-state index in [4.69, 9.17) is 5.73 Å². The van der Waals surface area contributed by atoms with Crippen LogP contribution >= 0.6 is 0 Å². The van der Waals surface area contributed by atoms with E-state index in [0.29, 0.717) is 23.5 Å². The predicted octanol–water partition coefficient (Wildman–Crippen LogP) is 3.16. The molecule has 0 amide bonds. The summed E-state index contributed by atoms with van der Waals surface area (Å²) in [4.78, 5) is 0. The second-order valence-corrected chi connectivity index (χ2v) is 8.70. The van der Waals surface area contributed by atoms with Gasteiger partial charge in [0.05, 0.1) is 11.9 Å². The smallest absolute Gasteiger partial charge is 0.0922 e. The Morgan fingerprint density at radius 1 is 1.18 bits per heavy atom. The molecule has 0 aliphatic heterocycles. The monoisotopic (exact) mass is 303 g/mol. The molecule has 0 bridgehead atoms. The van der Waals surface area contributed by atoms with Crippen molar-refractivity contribution in [3.8, 4) is 0 Å². The molecular formula is C19H29NO2. The minimum Gasteiger partial charge on any atom is -0.512 e. The van der Waals surface area contributed by atoms with E-state index in [1.54, 1.807) is 0 Å². The summed E-state index contributed by atoms with van der Waals surface area (Å²) in [7, 11) is 0. The van der Waals surface area contributed by atoms with Crippen molar-refractivity contribution in [3.63, 3.8) is 0 Å². The molecule has 0 aromatic carbocycles. The summed E-state index contributed by atoms with van der Waals surface area (Å²) in [5.41, 5.74) is 6.21. The Balaban J connectivity index is 1.76. The van der Waals surface area contributed by atoms with Crippen LogP contribution in [0.2, 0.25) is 0 Å². The average Bonchev–Trinajstić information content (AvgIpc) is 2.77. The highest BCUT2D eigenvalue weighted by atomic mass is 16.3. The molecule has 0 aromatic heterocycles. The maximum absolute atomic E-state index is 10.8. The van der Waals surface area contributed by atoms with Crippen molar-refractivity contribution in [1.29, 1.82) is 0 Å². The molecule has 122 valence electrons. The van der Waals surface area contributed by atoms with Crippen LogP contribution in [0.15, 0.2) is 24.0 Å². The Morgan fingerprint density at radius 3 is 2.73 bits per heavy atom. The van der Waals surface area contributed by atoms with Gasteiger partial charge in [0, 0.05) is 12.0 Å².